The van der Waals surface area contributed by atoms with Gasteiger partial charge in [0.2, 0.25) is 0 Å². The Morgan fingerprint density at radius 1 is 1.05 bits per heavy atom. The fourth-order valence-corrected chi connectivity index (χ4v) is 5.90. The van der Waals surface area contributed by atoms with Crippen LogP contribution in [0.25, 0.3) is 0 Å². The summed E-state index contributed by atoms with van der Waals surface area (Å²) in [4.78, 5) is 2.44. The van der Waals surface area contributed by atoms with Crippen molar-refractivity contribution < 1.29 is 22.8 Å². The van der Waals surface area contributed by atoms with Crippen LogP contribution in [0.2, 0.25) is 6.04 Å². The van der Waals surface area contributed by atoms with Crippen molar-refractivity contribution in [3.05, 3.63) is 0 Å². The summed E-state index contributed by atoms with van der Waals surface area (Å²) in [7, 11) is -2.61. The van der Waals surface area contributed by atoms with Crippen molar-refractivity contribution in [2.45, 2.75) is 45.4 Å². The van der Waals surface area contributed by atoms with E-state index < -0.39 is 8.80 Å². The van der Waals surface area contributed by atoms with E-state index in [0.29, 0.717) is 19.8 Å². The van der Waals surface area contributed by atoms with E-state index in [1.54, 1.807) is 0 Å². The Balaban J connectivity index is 1.89. The molecule has 2 heterocycles. The van der Waals surface area contributed by atoms with Crippen LogP contribution in [0.3, 0.4) is 0 Å². The molecule has 0 N–H and O–H groups in total. The molecule has 0 spiro atoms. The van der Waals surface area contributed by atoms with Crippen LogP contribution in [-0.2, 0) is 22.8 Å². The van der Waals surface area contributed by atoms with Crippen LogP contribution in [0, 0.1) is 0 Å². The Hall–Kier alpha value is -0.0231. The largest absolute Gasteiger partial charge is 0.501 e. The van der Waals surface area contributed by atoms with Crippen LogP contribution in [0.15, 0.2) is 0 Å². The average molecular weight is 334 g/mol. The van der Waals surface area contributed by atoms with E-state index in [9.17, 15) is 0 Å². The lowest BCUT2D eigenvalue weighted by Crippen LogP contribution is -2.53. The lowest BCUT2D eigenvalue weighted by molar-refractivity contribution is -0.0718. The maximum absolute atomic E-state index is 6.21. The summed E-state index contributed by atoms with van der Waals surface area (Å²) in [5, 5.41) is 0. The van der Waals surface area contributed by atoms with Crippen LogP contribution < -0.4 is 0 Å². The summed E-state index contributed by atoms with van der Waals surface area (Å²) < 4.78 is 29.4. The summed E-state index contributed by atoms with van der Waals surface area (Å²) in [6.07, 6.45) is 1.08. The van der Waals surface area contributed by atoms with Gasteiger partial charge in [-0.3, -0.25) is 4.90 Å². The van der Waals surface area contributed by atoms with Crippen molar-refractivity contribution in [2.75, 3.05) is 52.7 Å². The molecule has 0 bridgehead atoms. The molecule has 130 valence electrons. The maximum atomic E-state index is 6.21. The van der Waals surface area contributed by atoms with E-state index in [1.165, 1.54) is 0 Å². The van der Waals surface area contributed by atoms with Crippen molar-refractivity contribution in [2.24, 2.45) is 0 Å². The third kappa shape index (κ3) is 5.88. The highest BCUT2D eigenvalue weighted by molar-refractivity contribution is 6.60. The van der Waals surface area contributed by atoms with E-state index in [4.69, 9.17) is 22.8 Å². The van der Waals surface area contributed by atoms with Crippen molar-refractivity contribution in [3.63, 3.8) is 0 Å². The Kier molecular flexibility index (Phi) is 7.76. The molecule has 0 aromatic heterocycles. The van der Waals surface area contributed by atoms with Gasteiger partial charge in [-0.1, -0.05) is 0 Å². The number of hydrogen-bond acceptors (Lipinski definition) is 6. The van der Waals surface area contributed by atoms with Crippen LogP contribution in [-0.4, -0.2) is 78.6 Å². The predicted molar refractivity (Wildman–Crippen MR) is 86.0 cm³/mol. The smallest absolute Gasteiger partial charge is 0.379 e. The molecular weight excluding hydrogens is 302 g/mol. The van der Waals surface area contributed by atoms with Crippen molar-refractivity contribution in [3.8, 4) is 0 Å². The normalized spacial score (nSPS) is 35.0. The third-order valence-electron chi connectivity index (χ3n) is 3.89. The van der Waals surface area contributed by atoms with Gasteiger partial charge in [0.1, 0.15) is 0 Å². The molecule has 2 aliphatic rings. The molecule has 0 radical (unpaired) electrons. The van der Waals surface area contributed by atoms with Gasteiger partial charge in [-0.15, -0.1) is 0 Å². The molecule has 2 fully saturated rings. The van der Waals surface area contributed by atoms with Gasteiger partial charge in [-0.25, -0.2) is 0 Å². The molecule has 0 aromatic rings. The fraction of sp³-hybridized carbons (Fsp3) is 1.00. The van der Waals surface area contributed by atoms with Gasteiger partial charge in [0, 0.05) is 25.7 Å². The minimum Gasteiger partial charge on any atom is -0.379 e. The Morgan fingerprint density at radius 3 is 2.27 bits per heavy atom. The molecular formula is C15H31NO5Si. The summed E-state index contributed by atoms with van der Waals surface area (Å²) in [6.45, 7) is 12.7. The molecule has 7 heteroatoms. The Morgan fingerprint density at radius 2 is 1.68 bits per heavy atom. The second-order valence-electron chi connectivity index (χ2n) is 6.07. The zero-order chi connectivity index (χ0) is 15.8. The Bertz CT molecular complexity index is 302. The highest BCUT2D eigenvalue weighted by Gasteiger charge is 2.44. The van der Waals surface area contributed by atoms with E-state index >= 15 is 0 Å². The van der Waals surface area contributed by atoms with Gasteiger partial charge in [0.25, 0.3) is 0 Å². The zero-order valence-corrected chi connectivity index (χ0v) is 15.2. The minimum absolute atomic E-state index is 0.0223. The van der Waals surface area contributed by atoms with Crippen LogP contribution in [0.1, 0.15) is 27.2 Å². The van der Waals surface area contributed by atoms with Crippen molar-refractivity contribution in [1.82, 2.24) is 4.90 Å². The quantitative estimate of drug-likeness (QED) is 0.687. The van der Waals surface area contributed by atoms with Crippen LogP contribution in [0.4, 0.5) is 0 Å². The first-order valence-corrected chi connectivity index (χ1v) is 10.4. The summed E-state index contributed by atoms with van der Waals surface area (Å²) in [5.41, 5.74) is 0. The molecule has 22 heavy (non-hydrogen) atoms. The van der Waals surface area contributed by atoms with E-state index in [0.717, 1.165) is 45.3 Å². The van der Waals surface area contributed by atoms with Gasteiger partial charge in [0.05, 0.1) is 38.6 Å². The number of rotatable bonds is 6. The number of ether oxygens (including phenoxy) is 2. The average Bonchev–Trinajstić information content (AvgIpc) is 2.47. The highest BCUT2D eigenvalue weighted by atomic mass is 28.4. The molecule has 2 saturated heterocycles. The monoisotopic (exact) mass is 333 g/mol. The maximum Gasteiger partial charge on any atom is 0.501 e. The molecule has 2 rings (SSSR count). The lowest BCUT2D eigenvalue weighted by Gasteiger charge is -2.37. The summed E-state index contributed by atoms with van der Waals surface area (Å²) in [5.74, 6) is 0. The highest BCUT2D eigenvalue weighted by Crippen LogP contribution is 2.24. The van der Waals surface area contributed by atoms with E-state index in [2.05, 4.69) is 4.90 Å². The molecule has 2 unspecified atom stereocenters. The number of hydrogen-bond donors (Lipinski definition) is 0. The molecule has 0 aromatic carbocycles. The van der Waals surface area contributed by atoms with Gasteiger partial charge >= 0.3 is 8.80 Å². The first-order chi connectivity index (χ1) is 10.6. The van der Waals surface area contributed by atoms with Gasteiger partial charge in [-0.2, -0.15) is 0 Å². The second kappa shape index (κ2) is 9.32. The fourth-order valence-electron chi connectivity index (χ4n) is 2.93. The standard InChI is InChI=1S/C15H31NO5Si/c1-4-19-22(11-5-6-16-7-9-17-10-8-16)20-14(2)12-18-13-15(3)21-22/h14-15H,4-13H2,1-3H3. The third-order valence-corrected chi connectivity index (χ3v) is 7.11. The lowest BCUT2D eigenvalue weighted by atomic mass is 10.3. The molecule has 0 amide bonds. The zero-order valence-electron chi connectivity index (χ0n) is 14.2. The first kappa shape index (κ1) is 18.3. The Labute approximate surface area is 135 Å². The predicted octanol–water partition coefficient (Wildman–Crippen LogP) is 1.52. The molecule has 0 aliphatic carbocycles. The number of nitrogens with zero attached hydrogens (tertiary/aromatic N) is 1. The van der Waals surface area contributed by atoms with Gasteiger partial charge < -0.3 is 22.8 Å². The second-order valence-corrected chi connectivity index (χ2v) is 8.69. The molecule has 2 atom stereocenters. The molecule has 2 aliphatic heterocycles. The molecule has 0 saturated carbocycles. The topological polar surface area (TPSA) is 49.4 Å². The van der Waals surface area contributed by atoms with Gasteiger partial charge in [-0.05, 0) is 33.7 Å². The van der Waals surface area contributed by atoms with E-state index in [-0.39, 0.29) is 12.2 Å². The SMILES string of the molecule is CCO[Si]1(CCCN2CCOCC2)OC(C)COCC(C)O1. The summed E-state index contributed by atoms with van der Waals surface area (Å²) in [6, 6.07) is 0.868. The van der Waals surface area contributed by atoms with Crippen LogP contribution in [0.5, 0.6) is 0 Å². The van der Waals surface area contributed by atoms with E-state index in [1.807, 2.05) is 20.8 Å². The minimum atomic E-state index is -2.61. The van der Waals surface area contributed by atoms with Gasteiger partial charge in [0.15, 0.2) is 0 Å². The summed E-state index contributed by atoms with van der Waals surface area (Å²) >= 11 is 0. The van der Waals surface area contributed by atoms with Crippen molar-refractivity contribution >= 4 is 8.80 Å². The molecule has 6 nitrogen and oxygen atoms in total. The van der Waals surface area contributed by atoms with Crippen molar-refractivity contribution in [1.29, 1.82) is 0 Å². The number of morpholine rings is 1. The first-order valence-electron chi connectivity index (χ1n) is 8.51. The van der Waals surface area contributed by atoms with Crippen LogP contribution >= 0.6 is 0 Å².